The molecule has 0 saturated carbocycles. The third-order valence-corrected chi connectivity index (χ3v) is 5.36. The quantitative estimate of drug-likeness (QED) is 0.462. The maximum Gasteiger partial charge on any atom is 0.261 e. The van der Waals surface area contributed by atoms with Gasteiger partial charge in [0.1, 0.15) is 11.8 Å². The van der Waals surface area contributed by atoms with E-state index in [4.69, 9.17) is 27.9 Å². The van der Waals surface area contributed by atoms with Crippen molar-refractivity contribution in [3.63, 3.8) is 0 Å². The first-order valence-electron chi connectivity index (χ1n) is 10.2. The number of halogens is 2. The SMILES string of the molecule is CCNC(=O)[C@@H](c1ccccc1)N(Cc1ccc(Cl)cc1)C(=O)COc1ccccc1Cl. The topological polar surface area (TPSA) is 58.6 Å². The van der Waals surface area contributed by atoms with Crippen molar-refractivity contribution in [1.82, 2.24) is 10.2 Å². The average Bonchev–Trinajstić information content (AvgIpc) is 2.80. The van der Waals surface area contributed by atoms with Crippen LogP contribution in [0.15, 0.2) is 78.9 Å². The van der Waals surface area contributed by atoms with Crippen LogP contribution in [0.2, 0.25) is 10.0 Å². The normalized spacial score (nSPS) is 11.5. The molecule has 0 spiro atoms. The summed E-state index contributed by atoms with van der Waals surface area (Å²) in [5.41, 5.74) is 1.55. The first-order valence-corrected chi connectivity index (χ1v) is 11.0. The molecule has 3 aromatic carbocycles. The molecule has 0 aliphatic carbocycles. The first-order chi connectivity index (χ1) is 15.5. The molecule has 0 fully saturated rings. The van der Waals surface area contributed by atoms with E-state index in [0.29, 0.717) is 27.9 Å². The third-order valence-electron chi connectivity index (χ3n) is 4.80. The van der Waals surface area contributed by atoms with Crippen molar-refractivity contribution >= 4 is 35.0 Å². The summed E-state index contributed by atoms with van der Waals surface area (Å²) < 4.78 is 5.69. The molecule has 5 nitrogen and oxygen atoms in total. The Bertz CT molecular complexity index is 1040. The number of ether oxygens (including phenoxy) is 1. The van der Waals surface area contributed by atoms with E-state index >= 15 is 0 Å². The van der Waals surface area contributed by atoms with Crippen LogP contribution in [0.1, 0.15) is 24.1 Å². The summed E-state index contributed by atoms with van der Waals surface area (Å²) in [6.07, 6.45) is 0. The van der Waals surface area contributed by atoms with Crippen molar-refractivity contribution in [3.05, 3.63) is 100 Å². The van der Waals surface area contributed by atoms with Gasteiger partial charge in [-0.25, -0.2) is 0 Å². The molecule has 0 aliphatic rings. The zero-order valence-corrected chi connectivity index (χ0v) is 19.1. The molecule has 0 unspecified atom stereocenters. The summed E-state index contributed by atoms with van der Waals surface area (Å²) in [5.74, 6) is -0.207. The lowest BCUT2D eigenvalue weighted by atomic mass is 10.0. The van der Waals surface area contributed by atoms with Gasteiger partial charge in [-0.1, -0.05) is 77.8 Å². The lowest BCUT2D eigenvalue weighted by molar-refractivity contribution is -0.143. The molecule has 3 aromatic rings. The zero-order valence-electron chi connectivity index (χ0n) is 17.6. The Morgan fingerprint density at radius 2 is 1.59 bits per heavy atom. The van der Waals surface area contributed by atoms with Crippen molar-refractivity contribution in [2.75, 3.05) is 13.2 Å². The van der Waals surface area contributed by atoms with Gasteiger partial charge < -0.3 is 15.0 Å². The second-order valence-electron chi connectivity index (χ2n) is 7.08. The van der Waals surface area contributed by atoms with Gasteiger partial charge >= 0.3 is 0 Å². The molecule has 166 valence electrons. The van der Waals surface area contributed by atoms with Gasteiger partial charge in [0.2, 0.25) is 5.91 Å². The Morgan fingerprint density at radius 1 is 0.938 bits per heavy atom. The number of rotatable bonds is 9. The number of amides is 2. The van der Waals surface area contributed by atoms with E-state index in [1.165, 1.54) is 4.90 Å². The van der Waals surface area contributed by atoms with Crippen LogP contribution in [0.25, 0.3) is 0 Å². The van der Waals surface area contributed by atoms with Crippen LogP contribution in [0.5, 0.6) is 5.75 Å². The molecular weight excluding hydrogens is 447 g/mol. The molecule has 0 aliphatic heterocycles. The summed E-state index contributed by atoms with van der Waals surface area (Å²) in [4.78, 5) is 28.0. The minimum atomic E-state index is -0.825. The van der Waals surface area contributed by atoms with Crippen molar-refractivity contribution in [2.24, 2.45) is 0 Å². The number of nitrogens with one attached hydrogen (secondary N) is 1. The first kappa shape index (κ1) is 23.6. The van der Waals surface area contributed by atoms with Crippen molar-refractivity contribution in [2.45, 2.75) is 19.5 Å². The number of nitrogens with zero attached hydrogens (tertiary/aromatic N) is 1. The second-order valence-corrected chi connectivity index (χ2v) is 7.92. The highest BCUT2D eigenvalue weighted by molar-refractivity contribution is 6.32. The summed E-state index contributed by atoms with van der Waals surface area (Å²) in [6, 6.07) is 22.5. The van der Waals surface area contributed by atoms with Gasteiger partial charge in [-0.2, -0.15) is 0 Å². The molecular formula is C25H24Cl2N2O3. The Hall–Kier alpha value is -3.02. The number of hydrogen-bond acceptors (Lipinski definition) is 3. The second kappa shape index (κ2) is 11.6. The van der Waals surface area contributed by atoms with Gasteiger partial charge in [0, 0.05) is 18.1 Å². The Labute approximate surface area is 197 Å². The van der Waals surface area contributed by atoms with E-state index < -0.39 is 6.04 Å². The van der Waals surface area contributed by atoms with Crippen LogP contribution in [-0.4, -0.2) is 29.9 Å². The van der Waals surface area contributed by atoms with Crippen molar-refractivity contribution < 1.29 is 14.3 Å². The fraction of sp³-hybridized carbons (Fsp3) is 0.200. The minimum Gasteiger partial charge on any atom is -0.482 e. The molecule has 0 saturated heterocycles. The van der Waals surface area contributed by atoms with E-state index in [-0.39, 0.29) is 25.0 Å². The maximum atomic E-state index is 13.4. The largest absolute Gasteiger partial charge is 0.482 e. The smallest absolute Gasteiger partial charge is 0.261 e. The van der Waals surface area contributed by atoms with E-state index in [1.807, 2.05) is 49.4 Å². The number of likely N-dealkylation sites (N-methyl/N-ethyl adjacent to an activating group) is 1. The molecule has 1 N–H and O–H groups in total. The highest BCUT2D eigenvalue weighted by Gasteiger charge is 2.31. The van der Waals surface area contributed by atoms with Crippen LogP contribution in [-0.2, 0) is 16.1 Å². The summed E-state index contributed by atoms with van der Waals surface area (Å²) >= 11 is 12.2. The van der Waals surface area contributed by atoms with E-state index in [0.717, 1.165) is 5.56 Å². The van der Waals surface area contributed by atoms with E-state index in [1.54, 1.807) is 36.4 Å². The molecule has 3 rings (SSSR count). The molecule has 0 aromatic heterocycles. The van der Waals surface area contributed by atoms with Crippen LogP contribution < -0.4 is 10.1 Å². The lowest BCUT2D eigenvalue weighted by Crippen LogP contribution is -2.45. The molecule has 2 amide bonds. The Morgan fingerprint density at radius 3 is 2.25 bits per heavy atom. The number of carbonyl (C=O) groups is 2. The lowest BCUT2D eigenvalue weighted by Gasteiger charge is -2.31. The third kappa shape index (κ3) is 6.25. The highest BCUT2D eigenvalue weighted by atomic mass is 35.5. The van der Waals surface area contributed by atoms with Crippen LogP contribution in [0, 0.1) is 0 Å². The predicted octanol–water partition coefficient (Wildman–Crippen LogP) is 5.28. The van der Waals surface area contributed by atoms with Crippen molar-refractivity contribution in [3.8, 4) is 5.75 Å². The van der Waals surface area contributed by atoms with Gasteiger partial charge in [0.25, 0.3) is 5.91 Å². The van der Waals surface area contributed by atoms with Gasteiger partial charge in [0.15, 0.2) is 6.61 Å². The Kier molecular flexibility index (Phi) is 8.54. The van der Waals surface area contributed by atoms with Gasteiger partial charge in [-0.05, 0) is 42.3 Å². The predicted molar refractivity (Wildman–Crippen MR) is 127 cm³/mol. The molecule has 0 radical (unpaired) electrons. The van der Waals surface area contributed by atoms with E-state index in [2.05, 4.69) is 5.32 Å². The molecule has 32 heavy (non-hydrogen) atoms. The fourth-order valence-electron chi connectivity index (χ4n) is 3.27. The number of para-hydroxylation sites is 1. The van der Waals surface area contributed by atoms with Crippen LogP contribution >= 0.6 is 23.2 Å². The average molecular weight is 471 g/mol. The molecule has 1 atom stereocenters. The standard InChI is InChI=1S/C25H24Cl2N2O3/c1-2-28-25(31)24(19-8-4-3-5-9-19)29(16-18-12-14-20(26)15-13-18)23(30)17-32-22-11-7-6-10-21(22)27/h3-15,24H,2,16-17H2,1H3,(H,28,31)/t24-/m1/s1. The van der Waals surface area contributed by atoms with Crippen molar-refractivity contribution in [1.29, 1.82) is 0 Å². The minimum absolute atomic E-state index is 0.207. The maximum absolute atomic E-state index is 13.4. The highest BCUT2D eigenvalue weighted by Crippen LogP contribution is 2.26. The van der Waals surface area contributed by atoms with Gasteiger partial charge in [-0.15, -0.1) is 0 Å². The fourth-order valence-corrected chi connectivity index (χ4v) is 3.59. The number of hydrogen-bond donors (Lipinski definition) is 1. The summed E-state index contributed by atoms with van der Waals surface area (Å²) in [5, 5.41) is 3.85. The molecule has 0 heterocycles. The summed E-state index contributed by atoms with van der Waals surface area (Å²) in [7, 11) is 0. The number of carbonyl (C=O) groups excluding carboxylic acids is 2. The molecule has 0 bridgehead atoms. The summed E-state index contributed by atoms with van der Waals surface area (Å²) in [6.45, 7) is 2.23. The Balaban J connectivity index is 1.93. The van der Waals surface area contributed by atoms with Gasteiger partial charge in [-0.3, -0.25) is 9.59 Å². The monoisotopic (exact) mass is 470 g/mol. The molecule has 7 heteroatoms. The number of benzene rings is 3. The van der Waals surface area contributed by atoms with E-state index in [9.17, 15) is 9.59 Å². The van der Waals surface area contributed by atoms with Crippen LogP contribution in [0.3, 0.4) is 0 Å². The zero-order chi connectivity index (χ0) is 22.9. The van der Waals surface area contributed by atoms with Gasteiger partial charge in [0.05, 0.1) is 5.02 Å². The van der Waals surface area contributed by atoms with Crippen LogP contribution in [0.4, 0.5) is 0 Å².